The first-order valence-electron chi connectivity index (χ1n) is 8.57. The van der Waals surface area contributed by atoms with Crippen LogP contribution in [0.25, 0.3) is 0 Å². The number of carbonyl (C=O) groups excluding carboxylic acids is 1. The maximum Gasteiger partial charge on any atom is 0.315 e. The summed E-state index contributed by atoms with van der Waals surface area (Å²) in [5.74, 6) is 0.889. The number of carbonyl (C=O) groups is 1. The summed E-state index contributed by atoms with van der Waals surface area (Å²) in [4.78, 5) is 14.5. The van der Waals surface area contributed by atoms with E-state index in [-0.39, 0.29) is 12.6 Å². The lowest BCUT2D eigenvalue weighted by Crippen LogP contribution is -2.54. The Bertz CT molecular complexity index is 532. The first kappa shape index (κ1) is 16.1. The average Bonchev–Trinajstić information content (AvgIpc) is 3.33. The van der Waals surface area contributed by atoms with Crippen molar-refractivity contribution in [2.45, 2.75) is 31.7 Å². The van der Waals surface area contributed by atoms with Crippen molar-refractivity contribution in [1.82, 2.24) is 10.6 Å². The third-order valence-corrected chi connectivity index (χ3v) is 5.16. The van der Waals surface area contributed by atoms with E-state index < -0.39 is 5.54 Å². The molecular formula is C18H27N3O2. The molecule has 2 aliphatic rings. The minimum Gasteiger partial charge on any atom is -0.394 e. The van der Waals surface area contributed by atoms with Crippen LogP contribution in [0.3, 0.4) is 0 Å². The molecule has 3 rings (SSSR count). The van der Waals surface area contributed by atoms with E-state index in [4.69, 9.17) is 0 Å². The fraction of sp³-hybridized carbons (Fsp3) is 0.611. The smallest absolute Gasteiger partial charge is 0.315 e. The summed E-state index contributed by atoms with van der Waals surface area (Å²) in [5.41, 5.74) is 0.775. The normalized spacial score (nSPS) is 23.4. The molecule has 1 aromatic rings. The van der Waals surface area contributed by atoms with Crippen LogP contribution in [0, 0.1) is 11.8 Å². The molecule has 2 amide bonds. The van der Waals surface area contributed by atoms with Gasteiger partial charge < -0.3 is 20.6 Å². The largest absolute Gasteiger partial charge is 0.394 e. The third-order valence-electron chi connectivity index (χ3n) is 5.16. The second kappa shape index (κ2) is 6.79. The van der Waals surface area contributed by atoms with E-state index in [0.29, 0.717) is 18.4 Å². The van der Waals surface area contributed by atoms with Gasteiger partial charge in [-0.25, -0.2) is 4.79 Å². The quantitative estimate of drug-likeness (QED) is 0.751. The van der Waals surface area contributed by atoms with E-state index in [1.807, 2.05) is 13.0 Å². The number of hydrogen-bond acceptors (Lipinski definition) is 3. The molecule has 1 saturated carbocycles. The van der Waals surface area contributed by atoms with Crippen LogP contribution in [-0.2, 0) is 0 Å². The van der Waals surface area contributed by atoms with Gasteiger partial charge in [-0.05, 0) is 50.2 Å². The van der Waals surface area contributed by atoms with Gasteiger partial charge in [0, 0.05) is 25.3 Å². The second-order valence-electron chi connectivity index (χ2n) is 7.12. The number of rotatable bonds is 6. The molecule has 1 aliphatic carbocycles. The van der Waals surface area contributed by atoms with Gasteiger partial charge in [-0.1, -0.05) is 18.2 Å². The number of aliphatic hydroxyl groups excluding tert-OH is 1. The Morgan fingerprint density at radius 1 is 1.30 bits per heavy atom. The molecule has 1 aliphatic heterocycles. The Balaban J connectivity index is 1.43. The number of aliphatic hydroxyl groups is 1. The molecule has 0 aromatic heterocycles. The number of hydrogen-bond donors (Lipinski definition) is 3. The van der Waals surface area contributed by atoms with Gasteiger partial charge in [0.1, 0.15) is 0 Å². The molecule has 126 valence electrons. The Morgan fingerprint density at radius 3 is 2.70 bits per heavy atom. The predicted octanol–water partition coefficient (Wildman–Crippen LogP) is 1.97. The Morgan fingerprint density at radius 2 is 2.04 bits per heavy atom. The molecule has 0 bridgehead atoms. The van der Waals surface area contributed by atoms with Crippen molar-refractivity contribution < 1.29 is 9.90 Å². The topological polar surface area (TPSA) is 64.6 Å². The maximum atomic E-state index is 12.1. The number of amides is 2. The first-order chi connectivity index (χ1) is 11.1. The average molecular weight is 317 g/mol. The fourth-order valence-electron chi connectivity index (χ4n) is 3.40. The molecule has 0 radical (unpaired) electrons. The van der Waals surface area contributed by atoms with Crippen molar-refractivity contribution in [3.05, 3.63) is 30.3 Å². The fourth-order valence-corrected chi connectivity index (χ4v) is 3.40. The summed E-state index contributed by atoms with van der Waals surface area (Å²) in [6.45, 7) is 4.62. The minimum atomic E-state index is -0.476. The van der Waals surface area contributed by atoms with Gasteiger partial charge in [0.2, 0.25) is 0 Å². The standard InChI is InChI=1S/C18H27N3O2/c1-18(13-22,15-7-8-15)20-17(23)19-11-14-9-10-21(12-14)16-5-3-2-4-6-16/h2-6,14-15,22H,7-13H2,1H3,(H2,19,20,23). The van der Waals surface area contributed by atoms with Gasteiger partial charge in [-0.3, -0.25) is 0 Å². The Kier molecular flexibility index (Phi) is 4.76. The SMILES string of the molecule is CC(CO)(NC(=O)NCC1CCN(c2ccccc2)C1)C1CC1. The molecule has 2 atom stereocenters. The van der Waals surface area contributed by atoms with Crippen molar-refractivity contribution in [2.75, 3.05) is 31.1 Å². The highest BCUT2D eigenvalue weighted by Gasteiger charge is 2.42. The minimum absolute atomic E-state index is 0.00367. The first-order valence-corrected chi connectivity index (χ1v) is 8.57. The molecule has 5 heteroatoms. The van der Waals surface area contributed by atoms with Gasteiger partial charge in [0.25, 0.3) is 0 Å². The molecule has 3 N–H and O–H groups in total. The molecule has 2 unspecified atom stereocenters. The van der Waals surface area contributed by atoms with E-state index in [2.05, 4.69) is 39.8 Å². The van der Waals surface area contributed by atoms with Crippen LogP contribution >= 0.6 is 0 Å². The summed E-state index contributed by atoms with van der Waals surface area (Å²) >= 11 is 0. The van der Waals surface area contributed by atoms with Crippen LogP contribution in [-0.4, -0.2) is 42.9 Å². The number of para-hydroxylation sites is 1. The molecule has 23 heavy (non-hydrogen) atoms. The molecule has 2 fully saturated rings. The highest BCUT2D eigenvalue weighted by atomic mass is 16.3. The van der Waals surface area contributed by atoms with Gasteiger partial charge in [-0.2, -0.15) is 0 Å². The van der Waals surface area contributed by atoms with Crippen molar-refractivity contribution in [2.24, 2.45) is 11.8 Å². The highest BCUT2D eigenvalue weighted by molar-refractivity contribution is 5.74. The Labute approximate surface area is 138 Å². The number of nitrogens with zero attached hydrogens (tertiary/aromatic N) is 1. The zero-order valence-electron chi connectivity index (χ0n) is 13.8. The highest BCUT2D eigenvalue weighted by Crippen LogP contribution is 2.39. The van der Waals surface area contributed by atoms with E-state index in [1.54, 1.807) is 0 Å². The third kappa shape index (κ3) is 3.96. The van der Waals surface area contributed by atoms with E-state index in [9.17, 15) is 9.90 Å². The lowest BCUT2D eigenvalue weighted by atomic mass is 9.97. The maximum absolute atomic E-state index is 12.1. The number of anilines is 1. The predicted molar refractivity (Wildman–Crippen MR) is 91.5 cm³/mol. The number of nitrogens with one attached hydrogen (secondary N) is 2. The van der Waals surface area contributed by atoms with Crippen LogP contribution < -0.4 is 15.5 Å². The van der Waals surface area contributed by atoms with Crippen molar-refractivity contribution in [3.8, 4) is 0 Å². The van der Waals surface area contributed by atoms with Gasteiger partial charge in [0.05, 0.1) is 12.1 Å². The summed E-state index contributed by atoms with van der Waals surface area (Å²) in [7, 11) is 0. The lowest BCUT2D eigenvalue weighted by molar-refractivity contribution is 0.155. The van der Waals surface area contributed by atoms with Crippen LogP contribution in [0.5, 0.6) is 0 Å². The van der Waals surface area contributed by atoms with Crippen LogP contribution in [0.4, 0.5) is 10.5 Å². The van der Waals surface area contributed by atoms with Gasteiger partial charge in [-0.15, -0.1) is 0 Å². The van der Waals surface area contributed by atoms with E-state index in [1.165, 1.54) is 5.69 Å². The molecular weight excluding hydrogens is 290 g/mol. The van der Waals surface area contributed by atoms with E-state index in [0.717, 1.165) is 32.4 Å². The molecule has 1 heterocycles. The molecule has 0 spiro atoms. The summed E-state index contributed by atoms with van der Waals surface area (Å²) in [6.07, 6.45) is 3.27. The monoisotopic (exact) mass is 317 g/mol. The Hall–Kier alpha value is -1.75. The zero-order chi connectivity index (χ0) is 16.3. The summed E-state index contributed by atoms with van der Waals surface area (Å²) in [6, 6.07) is 10.2. The lowest BCUT2D eigenvalue weighted by Gasteiger charge is -2.29. The van der Waals surface area contributed by atoms with Crippen LogP contribution in [0.2, 0.25) is 0 Å². The van der Waals surface area contributed by atoms with Crippen molar-refractivity contribution in [1.29, 1.82) is 0 Å². The zero-order valence-corrected chi connectivity index (χ0v) is 13.8. The van der Waals surface area contributed by atoms with Gasteiger partial charge >= 0.3 is 6.03 Å². The molecule has 5 nitrogen and oxygen atoms in total. The molecule has 1 aromatic carbocycles. The summed E-state index contributed by atoms with van der Waals surface area (Å²) in [5, 5.41) is 15.5. The van der Waals surface area contributed by atoms with E-state index >= 15 is 0 Å². The van der Waals surface area contributed by atoms with Crippen molar-refractivity contribution >= 4 is 11.7 Å². The van der Waals surface area contributed by atoms with Crippen LogP contribution in [0.15, 0.2) is 30.3 Å². The van der Waals surface area contributed by atoms with Crippen LogP contribution in [0.1, 0.15) is 26.2 Å². The summed E-state index contributed by atoms with van der Waals surface area (Å²) < 4.78 is 0. The molecule has 1 saturated heterocycles. The second-order valence-corrected chi connectivity index (χ2v) is 7.12. The van der Waals surface area contributed by atoms with Gasteiger partial charge in [0.15, 0.2) is 0 Å². The van der Waals surface area contributed by atoms with Crippen molar-refractivity contribution in [3.63, 3.8) is 0 Å². The number of benzene rings is 1. The number of urea groups is 1.